The Kier molecular flexibility index (Phi) is 8.80. The molecule has 1 heterocycles. The average molecular weight is 437 g/mol. The number of aryl methyl sites for hydroxylation is 2. The van der Waals surface area contributed by atoms with Crippen molar-refractivity contribution in [3.8, 4) is 0 Å². The second kappa shape index (κ2) is 10.6. The normalized spacial score (nSPS) is 14.2. The number of hydrogen-bond acceptors (Lipinski definition) is 2. The summed E-state index contributed by atoms with van der Waals surface area (Å²) >= 11 is 14.2. The highest BCUT2D eigenvalue weighted by Gasteiger charge is 2.23. The summed E-state index contributed by atoms with van der Waals surface area (Å²) in [6.45, 7) is 10.9. The number of carbonyl (C=O) groups excluding carboxylic acids is 1. The minimum absolute atomic E-state index is 0.0763. The molecule has 2 aromatic rings. The first-order valence-corrected chi connectivity index (χ1v) is 11.6. The lowest BCUT2D eigenvalue weighted by atomic mass is 9.81. The standard InChI is InChI=1S/C24H30Cl2OS/c1-6-17(13-19(8-3)24-15(4)12-16(5)28-24)18(7-2)14-22(27)20-10-9-11-21(25)23(20)26/h9-13,17-18H,6-8,14H2,1-5H3. The number of ketones is 1. The van der Waals surface area contributed by atoms with Gasteiger partial charge in [0, 0.05) is 21.7 Å². The van der Waals surface area contributed by atoms with Crippen LogP contribution in [0.4, 0.5) is 0 Å². The zero-order valence-electron chi connectivity index (χ0n) is 17.4. The van der Waals surface area contributed by atoms with Gasteiger partial charge in [-0.25, -0.2) is 0 Å². The van der Waals surface area contributed by atoms with Crippen LogP contribution in [0.1, 0.15) is 72.1 Å². The van der Waals surface area contributed by atoms with Crippen LogP contribution in [0.25, 0.3) is 5.57 Å². The van der Waals surface area contributed by atoms with Gasteiger partial charge in [-0.1, -0.05) is 62.5 Å². The summed E-state index contributed by atoms with van der Waals surface area (Å²) in [7, 11) is 0. The molecule has 0 bridgehead atoms. The van der Waals surface area contributed by atoms with Gasteiger partial charge in [0.15, 0.2) is 5.78 Å². The number of Topliss-reactive ketones (excluding diaryl/α,β-unsaturated/α-hetero) is 1. The molecule has 1 aromatic heterocycles. The lowest BCUT2D eigenvalue weighted by Crippen LogP contribution is -2.17. The SMILES string of the molecule is CCC(=CC(CC)C(CC)CC(=O)c1cccc(Cl)c1Cl)c1sc(C)cc1C. The molecule has 0 saturated carbocycles. The van der Waals surface area contributed by atoms with Crippen LogP contribution in [-0.4, -0.2) is 5.78 Å². The van der Waals surface area contributed by atoms with E-state index in [-0.39, 0.29) is 11.7 Å². The van der Waals surface area contributed by atoms with E-state index in [1.807, 2.05) is 11.3 Å². The molecule has 28 heavy (non-hydrogen) atoms. The predicted molar refractivity (Wildman–Crippen MR) is 125 cm³/mol. The Morgan fingerprint density at radius 1 is 1.14 bits per heavy atom. The van der Waals surface area contributed by atoms with Gasteiger partial charge in [-0.15, -0.1) is 11.3 Å². The fourth-order valence-corrected chi connectivity index (χ4v) is 5.35. The van der Waals surface area contributed by atoms with E-state index in [4.69, 9.17) is 23.2 Å². The first-order chi connectivity index (χ1) is 13.3. The number of thiophene rings is 1. The maximum absolute atomic E-state index is 12.9. The van der Waals surface area contributed by atoms with Crippen LogP contribution in [-0.2, 0) is 0 Å². The molecule has 152 valence electrons. The summed E-state index contributed by atoms with van der Waals surface area (Å²) in [5.74, 6) is 0.728. The summed E-state index contributed by atoms with van der Waals surface area (Å²) < 4.78 is 0. The summed E-state index contributed by atoms with van der Waals surface area (Å²) in [6, 6.07) is 7.53. The molecule has 0 aliphatic rings. The molecule has 2 rings (SSSR count). The van der Waals surface area contributed by atoms with E-state index in [9.17, 15) is 4.79 Å². The van der Waals surface area contributed by atoms with Crippen molar-refractivity contribution in [3.63, 3.8) is 0 Å². The Morgan fingerprint density at radius 3 is 2.39 bits per heavy atom. The number of allylic oxidation sites excluding steroid dienone is 2. The van der Waals surface area contributed by atoms with Crippen LogP contribution in [0, 0.1) is 25.7 Å². The van der Waals surface area contributed by atoms with Crippen molar-refractivity contribution in [3.05, 3.63) is 61.3 Å². The number of rotatable bonds is 9. The molecule has 0 N–H and O–H groups in total. The number of carbonyl (C=O) groups is 1. The number of halogens is 2. The highest BCUT2D eigenvalue weighted by atomic mass is 35.5. The Balaban J connectivity index is 2.28. The monoisotopic (exact) mass is 436 g/mol. The summed E-state index contributed by atoms with van der Waals surface area (Å²) in [6.07, 6.45) is 5.88. The van der Waals surface area contributed by atoms with E-state index < -0.39 is 0 Å². The van der Waals surface area contributed by atoms with Gasteiger partial charge < -0.3 is 0 Å². The van der Waals surface area contributed by atoms with Gasteiger partial charge >= 0.3 is 0 Å². The van der Waals surface area contributed by atoms with Crippen molar-refractivity contribution < 1.29 is 4.79 Å². The Hall–Kier alpha value is -1.09. The first kappa shape index (κ1) is 23.2. The van der Waals surface area contributed by atoms with Crippen molar-refractivity contribution in [1.29, 1.82) is 0 Å². The zero-order chi connectivity index (χ0) is 20.8. The molecular formula is C24H30Cl2OS. The van der Waals surface area contributed by atoms with Gasteiger partial charge in [0.25, 0.3) is 0 Å². The van der Waals surface area contributed by atoms with Crippen LogP contribution >= 0.6 is 34.5 Å². The highest BCUT2D eigenvalue weighted by Crippen LogP contribution is 2.35. The molecule has 0 fully saturated rings. The van der Waals surface area contributed by atoms with E-state index >= 15 is 0 Å². The van der Waals surface area contributed by atoms with Crippen molar-refractivity contribution in [1.82, 2.24) is 0 Å². The molecule has 4 heteroatoms. The Labute approximate surface area is 183 Å². The highest BCUT2D eigenvalue weighted by molar-refractivity contribution is 7.13. The van der Waals surface area contributed by atoms with Gasteiger partial charge in [-0.2, -0.15) is 0 Å². The molecule has 0 aliphatic carbocycles. The fraction of sp³-hybridized carbons (Fsp3) is 0.458. The number of benzene rings is 1. The molecule has 0 aliphatic heterocycles. The molecule has 1 aromatic carbocycles. The predicted octanol–water partition coefficient (Wildman–Crippen LogP) is 8.79. The Bertz CT molecular complexity index is 850. The molecule has 2 unspecified atom stereocenters. The topological polar surface area (TPSA) is 17.1 Å². The van der Waals surface area contributed by atoms with Crippen molar-refractivity contribution in [2.45, 2.75) is 60.3 Å². The second-order valence-electron chi connectivity index (χ2n) is 7.38. The number of hydrogen-bond donors (Lipinski definition) is 0. The van der Waals surface area contributed by atoms with E-state index in [2.05, 4.69) is 46.8 Å². The van der Waals surface area contributed by atoms with Crippen LogP contribution in [0.2, 0.25) is 10.0 Å². The van der Waals surface area contributed by atoms with Crippen LogP contribution in [0.15, 0.2) is 30.3 Å². The molecular weight excluding hydrogens is 407 g/mol. The van der Waals surface area contributed by atoms with Crippen LogP contribution < -0.4 is 0 Å². The summed E-state index contributed by atoms with van der Waals surface area (Å²) in [5.41, 5.74) is 3.28. The van der Waals surface area contributed by atoms with E-state index in [0.717, 1.165) is 19.3 Å². The molecule has 0 amide bonds. The van der Waals surface area contributed by atoms with Gasteiger partial charge in [-0.05, 0) is 67.9 Å². The van der Waals surface area contributed by atoms with E-state index in [1.165, 1.54) is 20.9 Å². The largest absolute Gasteiger partial charge is 0.294 e. The molecule has 0 radical (unpaired) electrons. The van der Waals surface area contributed by atoms with Gasteiger partial charge in [0.05, 0.1) is 10.0 Å². The summed E-state index contributed by atoms with van der Waals surface area (Å²) in [4.78, 5) is 15.7. The maximum atomic E-state index is 12.9. The third-order valence-corrected chi connectivity index (χ3v) is 7.48. The van der Waals surface area contributed by atoms with E-state index in [0.29, 0.717) is 27.9 Å². The molecule has 1 nitrogen and oxygen atoms in total. The van der Waals surface area contributed by atoms with Crippen molar-refractivity contribution >= 4 is 45.9 Å². The van der Waals surface area contributed by atoms with E-state index in [1.54, 1.807) is 18.2 Å². The van der Waals surface area contributed by atoms with Gasteiger partial charge in [-0.3, -0.25) is 4.79 Å². The van der Waals surface area contributed by atoms with Gasteiger partial charge in [0.2, 0.25) is 0 Å². The lowest BCUT2D eigenvalue weighted by molar-refractivity contribution is 0.0948. The second-order valence-corrected chi connectivity index (χ2v) is 9.43. The fourth-order valence-electron chi connectivity index (χ4n) is 3.83. The maximum Gasteiger partial charge on any atom is 0.164 e. The molecule has 0 spiro atoms. The third kappa shape index (κ3) is 5.49. The smallest absolute Gasteiger partial charge is 0.164 e. The van der Waals surface area contributed by atoms with Crippen LogP contribution in [0.3, 0.4) is 0 Å². The third-order valence-electron chi connectivity index (χ3n) is 5.43. The van der Waals surface area contributed by atoms with Crippen LogP contribution in [0.5, 0.6) is 0 Å². The molecule has 0 saturated heterocycles. The average Bonchev–Trinajstić information content (AvgIpc) is 3.01. The Morgan fingerprint density at radius 2 is 1.86 bits per heavy atom. The minimum Gasteiger partial charge on any atom is -0.294 e. The quantitative estimate of drug-likeness (QED) is 0.358. The molecule has 2 atom stereocenters. The minimum atomic E-state index is 0.0763. The zero-order valence-corrected chi connectivity index (χ0v) is 19.8. The van der Waals surface area contributed by atoms with Gasteiger partial charge in [0.1, 0.15) is 0 Å². The van der Waals surface area contributed by atoms with Crippen molar-refractivity contribution in [2.75, 3.05) is 0 Å². The first-order valence-electron chi connectivity index (χ1n) is 10.1. The lowest BCUT2D eigenvalue weighted by Gasteiger charge is -2.23. The van der Waals surface area contributed by atoms with Crippen molar-refractivity contribution in [2.24, 2.45) is 11.8 Å². The summed E-state index contributed by atoms with van der Waals surface area (Å²) in [5, 5.41) is 0.802.